The van der Waals surface area contributed by atoms with Gasteiger partial charge in [-0.2, -0.15) is 0 Å². The van der Waals surface area contributed by atoms with Crippen molar-refractivity contribution in [1.29, 1.82) is 0 Å². The van der Waals surface area contributed by atoms with Gasteiger partial charge in [-0.1, -0.05) is 37.5 Å². The lowest BCUT2D eigenvalue weighted by molar-refractivity contribution is -0.130. The van der Waals surface area contributed by atoms with E-state index >= 15 is 0 Å². The molecule has 1 saturated carbocycles. The van der Waals surface area contributed by atoms with Gasteiger partial charge in [0.1, 0.15) is 5.57 Å². The maximum Gasteiger partial charge on any atom is 0.265 e. The number of carbonyl (C=O) groups is 2. The summed E-state index contributed by atoms with van der Waals surface area (Å²) in [6.45, 7) is 2.90. The number of nitrogens with one attached hydrogen (secondary N) is 1. The van der Waals surface area contributed by atoms with Crippen molar-refractivity contribution in [2.75, 3.05) is 0 Å². The van der Waals surface area contributed by atoms with Crippen LogP contribution in [0.4, 0.5) is 0 Å². The minimum atomic E-state index is -0.412. The number of nitrogens with zero attached hydrogens (tertiary/aromatic N) is 2. The number of aromatic nitrogens is 1. The summed E-state index contributed by atoms with van der Waals surface area (Å²) in [7, 11) is 0. The molecule has 4 rings (SSSR count). The molecule has 2 aromatic rings. The van der Waals surface area contributed by atoms with Gasteiger partial charge < -0.3 is 4.57 Å². The highest BCUT2D eigenvalue weighted by Crippen LogP contribution is 2.28. The first-order chi connectivity index (χ1) is 13.1. The molecule has 1 aliphatic heterocycles. The maximum absolute atomic E-state index is 13.2. The van der Waals surface area contributed by atoms with Crippen LogP contribution in [0.15, 0.2) is 36.0 Å². The van der Waals surface area contributed by atoms with Crippen molar-refractivity contribution < 1.29 is 9.59 Å². The van der Waals surface area contributed by atoms with E-state index in [-0.39, 0.29) is 22.6 Å². The fraction of sp³-hybridized carbons (Fsp3) is 0.381. The summed E-state index contributed by atoms with van der Waals surface area (Å²) < 4.78 is 2.12. The van der Waals surface area contributed by atoms with Gasteiger partial charge >= 0.3 is 0 Å². The second-order valence-corrected chi connectivity index (χ2v) is 7.56. The average Bonchev–Trinajstić information content (AvgIpc) is 3.04. The van der Waals surface area contributed by atoms with Crippen LogP contribution in [0, 0.1) is 0 Å². The molecular weight excluding hydrogens is 358 g/mol. The zero-order chi connectivity index (χ0) is 19.0. The Morgan fingerprint density at radius 2 is 1.93 bits per heavy atom. The van der Waals surface area contributed by atoms with Gasteiger partial charge in [-0.25, -0.2) is 0 Å². The molecule has 0 bridgehead atoms. The van der Waals surface area contributed by atoms with Crippen LogP contribution in [0.25, 0.3) is 17.0 Å². The van der Waals surface area contributed by atoms with Crippen LogP contribution in [0.2, 0.25) is 0 Å². The van der Waals surface area contributed by atoms with Crippen molar-refractivity contribution in [1.82, 2.24) is 14.8 Å². The quantitative estimate of drug-likeness (QED) is 0.502. The Balaban J connectivity index is 1.74. The second-order valence-electron chi connectivity index (χ2n) is 7.17. The van der Waals surface area contributed by atoms with Gasteiger partial charge in [-0.15, -0.1) is 0 Å². The number of para-hydroxylation sites is 1. The monoisotopic (exact) mass is 381 g/mol. The van der Waals surface area contributed by atoms with Crippen LogP contribution in [0.3, 0.4) is 0 Å². The van der Waals surface area contributed by atoms with E-state index in [4.69, 9.17) is 12.2 Å². The second kappa shape index (κ2) is 7.27. The molecule has 1 aromatic heterocycles. The molecule has 2 fully saturated rings. The van der Waals surface area contributed by atoms with Crippen molar-refractivity contribution >= 4 is 46.1 Å². The van der Waals surface area contributed by atoms with E-state index in [2.05, 4.69) is 16.8 Å². The molecule has 140 valence electrons. The lowest BCUT2D eigenvalue weighted by Crippen LogP contribution is -2.57. The fourth-order valence-corrected chi connectivity index (χ4v) is 4.47. The summed E-state index contributed by atoms with van der Waals surface area (Å²) in [5, 5.41) is 3.99. The Kier molecular flexibility index (Phi) is 4.83. The van der Waals surface area contributed by atoms with Crippen LogP contribution in [0.5, 0.6) is 0 Å². The SMILES string of the molecule is CCn1cc(C=C2C(=O)NC(=S)N(C3CCCCC3)C2=O)c2ccccc21. The Labute approximate surface area is 164 Å². The molecular formula is C21H23N3O2S. The molecule has 1 N–H and O–H groups in total. The highest BCUT2D eigenvalue weighted by Gasteiger charge is 2.38. The number of thiocarbonyl (C=S) groups is 1. The Bertz CT molecular complexity index is 953. The van der Waals surface area contributed by atoms with Crippen LogP contribution in [-0.2, 0) is 16.1 Å². The molecule has 2 amide bonds. The van der Waals surface area contributed by atoms with Gasteiger partial charge in [0.15, 0.2) is 5.11 Å². The zero-order valence-electron chi connectivity index (χ0n) is 15.4. The van der Waals surface area contributed by atoms with Gasteiger partial charge in [0, 0.05) is 35.2 Å². The highest BCUT2D eigenvalue weighted by molar-refractivity contribution is 7.80. The third-order valence-electron chi connectivity index (χ3n) is 5.53. The van der Waals surface area contributed by atoms with Crippen LogP contribution < -0.4 is 5.32 Å². The molecule has 5 nitrogen and oxygen atoms in total. The van der Waals surface area contributed by atoms with E-state index in [1.165, 1.54) is 6.42 Å². The van der Waals surface area contributed by atoms with Crippen molar-refractivity contribution in [3.63, 3.8) is 0 Å². The minimum Gasteiger partial charge on any atom is -0.347 e. The Morgan fingerprint density at radius 1 is 1.19 bits per heavy atom. The normalized spacial score (nSPS) is 20.6. The number of benzene rings is 1. The van der Waals surface area contributed by atoms with Gasteiger partial charge in [0.2, 0.25) is 0 Å². The van der Waals surface area contributed by atoms with E-state index in [0.29, 0.717) is 0 Å². The molecule has 27 heavy (non-hydrogen) atoms. The predicted molar refractivity (Wildman–Crippen MR) is 110 cm³/mol. The molecule has 0 radical (unpaired) electrons. The predicted octanol–water partition coefficient (Wildman–Crippen LogP) is 3.62. The molecule has 6 heteroatoms. The number of fused-ring (bicyclic) bond motifs is 1. The first-order valence-corrected chi connectivity index (χ1v) is 9.99. The van der Waals surface area contributed by atoms with E-state index in [9.17, 15) is 9.59 Å². The summed E-state index contributed by atoms with van der Waals surface area (Å²) in [5.41, 5.74) is 2.13. The topological polar surface area (TPSA) is 54.3 Å². The lowest BCUT2D eigenvalue weighted by Gasteiger charge is -2.37. The average molecular weight is 382 g/mol. The van der Waals surface area contributed by atoms with E-state index in [1.54, 1.807) is 11.0 Å². The van der Waals surface area contributed by atoms with Crippen molar-refractivity contribution in [2.24, 2.45) is 0 Å². The molecule has 1 saturated heterocycles. The van der Waals surface area contributed by atoms with Crippen molar-refractivity contribution in [3.05, 3.63) is 41.6 Å². The molecule has 2 aliphatic rings. The van der Waals surface area contributed by atoms with Gasteiger partial charge in [-0.3, -0.25) is 19.8 Å². The van der Waals surface area contributed by atoms with E-state index in [1.807, 2.05) is 30.5 Å². The molecule has 2 heterocycles. The van der Waals surface area contributed by atoms with Gasteiger partial charge in [0.25, 0.3) is 11.8 Å². The van der Waals surface area contributed by atoms with E-state index in [0.717, 1.165) is 48.7 Å². The van der Waals surface area contributed by atoms with Crippen LogP contribution in [0.1, 0.15) is 44.6 Å². The molecule has 0 atom stereocenters. The summed E-state index contributed by atoms with van der Waals surface area (Å²) in [6.07, 6.45) is 8.95. The van der Waals surface area contributed by atoms with E-state index < -0.39 is 5.91 Å². The largest absolute Gasteiger partial charge is 0.347 e. The number of rotatable bonds is 3. The third kappa shape index (κ3) is 3.18. The van der Waals surface area contributed by atoms with Gasteiger partial charge in [0.05, 0.1) is 0 Å². The summed E-state index contributed by atoms with van der Waals surface area (Å²) in [6, 6.07) is 8.11. The Hall–Kier alpha value is -2.47. The van der Waals surface area contributed by atoms with Gasteiger partial charge in [-0.05, 0) is 44.1 Å². The number of amides is 2. The fourth-order valence-electron chi connectivity index (χ4n) is 4.15. The summed E-state index contributed by atoms with van der Waals surface area (Å²) in [4.78, 5) is 27.3. The Morgan fingerprint density at radius 3 is 2.67 bits per heavy atom. The highest BCUT2D eigenvalue weighted by atomic mass is 32.1. The number of aryl methyl sites for hydroxylation is 1. The number of hydrogen-bond acceptors (Lipinski definition) is 3. The first kappa shape index (κ1) is 17.9. The molecule has 1 aromatic carbocycles. The smallest absolute Gasteiger partial charge is 0.265 e. The summed E-state index contributed by atoms with van der Waals surface area (Å²) in [5.74, 6) is -0.686. The third-order valence-corrected chi connectivity index (χ3v) is 5.83. The maximum atomic E-state index is 13.2. The van der Waals surface area contributed by atoms with Crippen LogP contribution >= 0.6 is 12.2 Å². The number of carbonyl (C=O) groups excluding carboxylic acids is 2. The molecule has 0 spiro atoms. The van der Waals surface area contributed by atoms with Crippen molar-refractivity contribution in [3.8, 4) is 0 Å². The van der Waals surface area contributed by atoms with Crippen molar-refractivity contribution in [2.45, 2.75) is 51.6 Å². The minimum absolute atomic E-state index is 0.0831. The molecule has 1 aliphatic carbocycles. The first-order valence-electron chi connectivity index (χ1n) is 9.58. The molecule has 0 unspecified atom stereocenters. The standard InChI is InChI=1S/C21H23N3O2S/c1-2-23-13-14(16-10-6-7-11-18(16)23)12-17-19(25)22-21(27)24(20(17)26)15-8-4-3-5-9-15/h6-7,10-13,15H,2-5,8-9H2,1H3,(H,22,25,27). The lowest BCUT2D eigenvalue weighted by atomic mass is 9.93. The van der Waals surface area contributed by atoms with Crippen LogP contribution in [-0.4, -0.2) is 32.4 Å². The number of hydrogen-bond donors (Lipinski definition) is 1. The summed E-state index contributed by atoms with van der Waals surface area (Å²) >= 11 is 5.32. The zero-order valence-corrected chi connectivity index (χ0v) is 16.2.